The molecule has 2 bridgehead atoms. The van der Waals surface area contributed by atoms with Gasteiger partial charge in [0, 0.05) is 29.1 Å². The average Bonchev–Trinajstić information content (AvgIpc) is 3.02. The number of aryl methyl sites for hydroxylation is 1. The zero-order chi connectivity index (χ0) is 27.2. The van der Waals surface area contributed by atoms with Crippen molar-refractivity contribution in [3.05, 3.63) is 58.1 Å². The molecule has 4 aliphatic rings. The summed E-state index contributed by atoms with van der Waals surface area (Å²) in [5.74, 6) is 2.06. The number of anilines is 1. The van der Waals surface area contributed by atoms with Crippen molar-refractivity contribution in [2.24, 2.45) is 17.8 Å². The Kier molecular flexibility index (Phi) is 7.34. The number of fused-ring (bicyclic) bond motifs is 4. The number of carbonyl (C=O) groups is 1. The Bertz CT molecular complexity index is 1360. The van der Waals surface area contributed by atoms with E-state index in [9.17, 15) is 13.2 Å². The van der Waals surface area contributed by atoms with Gasteiger partial charge in [-0.15, -0.1) is 0 Å². The molecule has 4 atom stereocenters. The minimum atomic E-state index is -3.69. The Morgan fingerprint density at radius 2 is 1.92 bits per heavy atom. The van der Waals surface area contributed by atoms with Crippen LogP contribution in [0.4, 0.5) is 5.69 Å². The smallest absolute Gasteiger partial charge is 0.264 e. The summed E-state index contributed by atoms with van der Waals surface area (Å²) in [6.07, 6.45) is 9.19. The lowest BCUT2D eigenvalue weighted by atomic mass is 9.65. The molecule has 0 saturated heterocycles. The van der Waals surface area contributed by atoms with Gasteiger partial charge >= 0.3 is 0 Å². The van der Waals surface area contributed by atoms with Crippen molar-refractivity contribution in [3.8, 4) is 5.75 Å². The van der Waals surface area contributed by atoms with E-state index in [0.29, 0.717) is 36.3 Å². The number of ether oxygens (including phenoxy) is 1. The van der Waals surface area contributed by atoms with E-state index in [0.717, 1.165) is 68.1 Å². The molecule has 1 fully saturated rings. The molecular formula is C31H39ClN2O4S. The van der Waals surface area contributed by atoms with E-state index in [1.54, 1.807) is 6.07 Å². The van der Waals surface area contributed by atoms with Crippen LogP contribution in [0.2, 0.25) is 5.02 Å². The number of nitrogens with one attached hydrogen (secondary N) is 1. The zero-order valence-electron chi connectivity index (χ0n) is 22.8. The molecule has 2 aromatic carbocycles. The average molecular weight is 571 g/mol. The number of nitrogens with zero attached hydrogens (tertiary/aromatic N) is 1. The molecule has 1 saturated carbocycles. The highest BCUT2D eigenvalue weighted by Gasteiger charge is 2.44. The van der Waals surface area contributed by atoms with Gasteiger partial charge in [0.2, 0.25) is 10.0 Å². The van der Waals surface area contributed by atoms with Crippen LogP contribution in [0.1, 0.15) is 79.8 Å². The van der Waals surface area contributed by atoms with Gasteiger partial charge in [0.25, 0.3) is 5.91 Å². The minimum absolute atomic E-state index is 0.0225. The highest BCUT2D eigenvalue weighted by atomic mass is 35.5. The molecule has 1 spiro atoms. The predicted octanol–water partition coefficient (Wildman–Crippen LogP) is 6.11. The summed E-state index contributed by atoms with van der Waals surface area (Å²) in [7, 11) is -3.69. The lowest BCUT2D eigenvalue weighted by Crippen LogP contribution is -2.49. The van der Waals surface area contributed by atoms with E-state index >= 15 is 0 Å². The molecule has 6 rings (SSSR count). The molecule has 2 aliphatic heterocycles. The van der Waals surface area contributed by atoms with E-state index < -0.39 is 15.9 Å². The van der Waals surface area contributed by atoms with Crippen LogP contribution in [0, 0.1) is 17.8 Å². The van der Waals surface area contributed by atoms with Crippen molar-refractivity contribution in [1.82, 2.24) is 4.72 Å². The molecule has 210 valence electrons. The summed E-state index contributed by atoms with van der Waals surface area (Å²) in [4.78, 5) is 15.5. The van der Waals surface area contributed by atoms with Crippen molar-refractivity contribution in [2.45, 2.75) is 70.1 Å². The Balaban J connectivity index is 1.40. The highest BCUT2D eigenvalue weighted by Crippen LogP contribution is 2.47. The summed E-state index contributed by atoms with van der Waals surface area (Å²) >= 11 is 6.39. The third-order valence-electron chi connectivity index (χ3n) is 9.78. The van der Waals surface area contributed by atoms with Gasteiger partial charge in [-0.05, 0) is 97.7 Å². The van der Waals surface area contributed by atoms with E-state index in [-0.39, 0.29) is 11.2 Å². The van der Waals surface area contributed by atoms with E-state index in [2.05, 4.69) is 28.7 Å². The van der Waals surface area contributed by atoms with E-state index in [1.165, 1.54) is 24.0 Å². The number of hydrogen-bond acceptors (Lipinski definition) is 5. The molecule has 39 heavy (non-hydrogen) atoms. The molecule has 2 heterocycles. The maximum Gasteiger partial charge on any atom is 0.264 e. The second-order valence-electron chi connectivity index (χ2n) is 12.4. The quantitative estimate of drug-likeness (QED) is 0.414. The van der Waals surface area contributed by atoms with Gasteiger partial charge in [0.1, 0.15) is 5.75 Å². The summed E-state index contributed by atoms with van der Waals surface area (Å²) in [6.45, 7) is 4.65. The van der Waals surface area contributed by atoms with Crippen LogP contribution in [-0.2, 0) is 21.9 Å². The molecule has 0 radical (unpaired) electrons. The van der Waals surface area contributed by atoms with Crippen LogP contribution in [0.25, 0.3) is 0 Å². The normalized spacial score (nSPS) is 30.7. The first-order chi connectivity index (χ1) is 18.7. The first-order valence-electron chi connectivity index (χ1n) is 14.6. The van der Waals surface area contributed by atoms with Crippen molar-refractivity contribution in [2.75, 3.05) is 30.3 Å². The SMILES string of the molecule is C[C@H]1CCCCCS(=O)(=O)NC(=O)c2ccc3c(c2)N(C[C@@H]2CC[C@H]21)C[C@@]1(CCCc2cc(Cl)ccc21)CO3. The van der Waals surface area contributed by atoms with Gasteiger partial charge in [-0.1, -0.05) is 43.9 Å². The minimum Gasteiger partial charge on any atom is -0.490 e. The molecular weight excluding hydrogens is 532 g/mol. The summed E-state index contributed by atoms with van der Waals surface area (Å²) in [5.41, 5.74) is 3.69. The van der Waals surface area contributed by atoms with Crippen LogP contribution in [0.3, 0.4) is 0 Å². The maximum absolute atomic E-state index is 13.1. The fourth-order valence-corrected chi connectivity index (χ4v) is 8.79. The molecule has 2 aliphatic carbocycles. The number of benzene rings is 2. The summed E-state index contributed by atoms with van der Waals surface area (Å²) in [6, 6.07) is 11.7. The zero-order valence-corrected chi connectivity index (χ0v) is 24.3. The molecule has 6 nitrogen and oxygen atoms in total. The molecule has 0 aromatic heterocycles. The second-order valence-corrected chi connectivity index (χ2v) is 14.6. The third-order valence-corrected chi connectivity index (χ3v) is 11.3. The molecule has 1 amide bonds. The number of sulfonamides is 1. The fraction of sp³-hybridized carbons (Fsp3) is 0.581. The van der Waals surface area contributed by atoms with Crippen LogP contribution in [0.5, 0.6) is 5.75 Å². The molecule has 0 unspecified atom stereocenters. The van der Waals surface area contributed by atoms with E-state index in [1.807, 2.05) is 18.2 Å². The van der Waals surface area contributed by atoms with Crippen molar-refractivity contribution in [3.63, 3.8) is 0 Å². The van der Waals surface area contributed by atoms with Gasteiger partial charge in [-0.3, -0.25) is 4.79 Å². The van der Waals surface area contributed by atoms with Gasteiger partial charge in [-0.2, -0.15) is 0 Å². The number of rotatable bonds is 0. The van der Waals surface area contributed by atoms with Crippen molar-refractivity contribution < 1.29 is 17.9 Å². The molecule has 1 N–H and O–H groups in total. The van der Waals surface area contributed by atoms with Gasteiger partial charge in [0.15, 0.2) is 0 Å². The number of hydrogen-bond donors (Lipinski definition) is 1. The first-order valence-corrected chi connectivity index (χ1v) is 16.6. The standard InChI is InChI=1S/C31H39ClN2O4S/c1-21-6-3-2-4-15-39(36,37)33-30(35)23-9-13-29-28(17-23)34(18-24-8-11-26(21)24)19-31(20-38-29)14-5-7-22-16-25(32)10-12-27(22)31/h9-10,12-13,16-17,21,24,26H,2-8,11,14-15,18-20H2,1H3,(H,33,35)/t21-,24-,26-,31-/m0/s1. The summed E-state index contributed by atoms with van der Waals surface area (Å²) in [5, 5.41) is 0.769. The van der Waals surface area contributed by atoms with E-state index in [4.69, 9.17) is 16.3 Å². The lowest BCUT2D eigenvalue weighted by Gasteiger charge is -2.46. The largest absolute Gasteiger partial charge is 0.490 e. The second kappa shape index (κ2) is 10.6. The molecule has 2 aromatic rings. The summed E-state index contributed by atoms with van der Waals surface area (Å²) < 4.78 is 34.2. The Labute approximate surface area is 237 Å². The number of amides is 1. The predicted molar refractivity (Wildman–Crippen MR) is 155 cm³/mol. The van der Waals surface area contributed by atoms with Gasteiger partial charge in [0.05, 0.1) is 18.0 Å². The topological polar surface area (TPSA) is 75.7 Å². The number of carbonyl (C=O) groups excluding carboxylic acids is 1. The van der Waals surface area contributed by atoms with Crippen molar-refractivity contribution in [1.29, 1.82) is 0 Å². The van der Waals surface area contributed by atoms with Crippen LogP contribution in [-0.4, -0.2) is 39.8 Å². The highest BCUT2D eigenvalue weighted by molar-refractivity contribution is 7.90. The monoisotopic (exact) mass is 570 g/mol. The Morgan fingerprint density at radius 1 is 1.05 bits per heavy atom. The van der Waals surface area contributed by atoms with Crippen LogP contribution < -0.4 is 14.4 Å². The van der Waals surface area contributed by atoms with Gasteiger partial charge in [-0.25, -0.2) is 13.1 Å². The first kappa shape index (κ1) is 26.9. The third kappa shape index (κ3) is 5.41. The molecule has 8 heteroatoms. The maximum atomic E-state index is 13.1. The van der Waals surface area contributed by atoms with Crippen LogP contribution >= 0.6 is 11.6 Å². The Morgan fingerprint density at radius 3 is 2.74 bits per heavy atom. The van der Waals surface area contributed by atoms with Crippen LogP contribution in [0.15, 0.2) is 36.4 Å². The van der Waals surface area contributed by atoms with Gasteiger partial charge < -0.3 is 9.64 Å². The van der Waals surface area contributed by atoms with Crippen molar-refractivity contribution >= 4 is 33.2 Å². The number of halogens is 1. The lowest BCUT2D eigenvalue weighted by molar-refractivity contribution is 0.0981. The Hall–Kier alpha value is -2.25. The fourth-order valence-electron chi connectivity index (χ4n) is 7.51.